The zero-order valence-corrected chi connectivity index (χ0v) is 11.4. The lowest BCUT2D eigenvalue weighted by Gasteiger charge is -2.22. The van der Waals surface area contributed by atoms with Crippen LogP contribution in [-0.4, -0.2) is 42.3 Å². The van der Waals surface area contributed by atoms with Crippen LogP contribution in [0.4, 0.5) is 19.3 Å². The molecule has 0 saturated heterocycles. The van der Waals surface area contributed by atoms with Gasteiger partial charge in [-0.2, -0.15) is 8.78 Å². The number of nitrogens with zero attached hydrogens (tertiary/aromatic N) is 1. The molecule has 2 N–H and O–H groups in total. The van der Waals surface area contributed by atoms with Crippen molar-refractivity contribution in [3.63, 3.8) is 0 Å². The van der Waals surface area contributed by atoms with E-state index in [2.05, 4.69) is 10.1 Å². The van der Waals surface area contributed by atoms with Crippen LogP contribution in [0.2, 0.25) is 0 Å². The number of likely N-dealkylation sites (N-methyl/N-ethyl adjacent to an activating group) is 1. The number of carbonyl (C=O) groups is 1. The smallest absolute Gasteiger partial charge is 0.387 e. The second-order valence-corrected chi connectivity index (χ2v) is 4.06. The van der Waals surface area contributed by atoms with Crippen LogP contribution in [0, 0.1) is 6.92 Å². The number of rotatable bonds is 6. The van der Waals surface area contributed by atoms with Crippen molar-refractivity contribution in [2.75, 3.05) is 25.0 Å². The van der Waals surface area contributed by atoms with E-state index in [1.807, 2.05) is 0 Å². The largest absolute Gasteiger partial charge is 0.433 e. The topological polar surface area (TPSA) is 61.8 Å². The summed E-state index contributed by atoms with van der Waals surface area (Å²) in [6, 6.07) is 4.12. The molecule has 0 atom stereocenters. The van der Waals surface area contributed by atoms with E-state index in [0.29, 0.717) is 12.1 Å². The summed E-state index contributed by atoms with van der Waals surface area (Å²) in [7, 11) is 0. The fourth-order valence-electron chi connectivity index (χ4n) is 1.71. The van der Waals surface area contributed by atoms with E-state index in [1.165, 1.54) is 11.0 Å². The van der Waals surface area contributed by atoms with E-state index in [4.69, 9.17) is 5.11 Å². The van der Waals surface area contributed by atoms with Gasteiger partial charge < -0.3 is 20.1 Å². The van der Waals surface area contributed by atoms with Crippen LogP contribution >= 0.6 is 0 Å². The molecule has 0 heterocycles. The number of aliphatic hydroxyl groups excluding tert-OH is 1. The molecule has 20 heavy (non-hydrogen) atoms. The van der Waals surface area contributed by atoms with Gasteiger partial charge >= 0.3 is 12.6 Å². The van der Waals surface area contributed by atoms with E-state index in [1.54, 1.807) is 26.0 Å². The van der Waals surface area contributed by atoms with Crippen LogP contribution in [0.25, 0.3) is 0 Å². The number of halogens is 2. The second-order valence-electron chi connectivity index (χ2n) is 4.06. The summed E-state index contributed by atoms with van der Waals surface area (Å²) in [5.41, 5.74) is 0.811. The first-order valence-electron chi connectivity index (χ1n) is 6.20. The highest BCUT2D eigenvalue weighted by molar-refractivity contribution is 5.92. The number of carbonyl (C=O) groups excluding carboxylic acids is 1. The van der Waals surface area contributed by atoms with Gasteiger partial charge in [-0.1, -0.05) is 12.1 Å². The molecule has 0 aromatic heterocycles. The maximum absolute atomic E-state index is 12.3. The van der Waals surface area contributed by atoms with Crippen molar-refractivity contribution >= 4 is 11.7 Å². The second kappa shape index (κ2) is 7.64. The molecule has 0 aliphatic heterocycles. The Morgan fingerprint density at radius 1 is 1.50 bits per heavy atom. The Balaban J connectivity index is 2.92. The number of aryl methyl sites for hydroxylation is 1. The zero-order valence-electron chi connectivity index (χ0n) is 11.4. The summed E-state index contributed by atoms with van der Waals surface area (Å²) in [5.74, 6) is -0.0894. The van der Waals surface area contributed by atoms with E-state index in [-0.39, 0.29) is 24.6 Å². The number of ether oxygens (including phenoxy) is 1. The third kappa shape index (κ3) is 4.34. The molecule has 0 aliphatic rings. The minimum atomic E-state index is -2.97. The summed E-state index contributed by atoms with van der Waals surface area (Å²) >= 11 is 0. The fraction of sp³-hybridized carbons (Fsp3) is 0.462. The highest BCUT2D eigenvalue weighted by Gasteiger charge is 2.17. The third-order valence-electron chi connectivity index (χ3n) is 2.72. The standard InChI is InChI=1S/C13H18F2N2O3/c1-3-17(7-8-18)13(19)16-11-9(2)5-4-6-10(11)20-12(14)15/h4-6,12,18H,3,7-8H2,1-2H3,(H,16,19). The third-order valence-corrected chi connectivity index (χ3v) is 2.72. The fourth-order valence-corrected chi connectivity index (χ4v) is 1.71. The van der Waals surface area contributed by atoms with Gasteiger partial charge in [0, 0.05) is 13.1 Å². The van der Waals surface area contributed by atoms with Crippen molar-refractivity contribution in [3.8, 4) is 5.75 Å². The molecular formula is C13H18F2N2O3. The van der Waals surface area contributed by atoms with Gasteiger partial charge in [0.05, 0.1) is 12.3 Å². The van der Waals surface area contributed by atoms with Gasteiger partial charge in [-0.25, -0.2) is 4.79 Å². The number of anilines is 1. The Kier molecular flexibility index (Phi) is 6.17. The van der Waals surface area contributed by atoms with Crippen LogP contribution in [0.5, 0.6) is 5.75 Å². The average molecular weight is 288 g/mol. The molecular weight excluding hydrogens is 270 g/mol. The van der Waals surface area contributed by atoms with E-state index in [0.717, 1.165) is 0 Å². The predicted molar refractivity (Wildman–Crippen MR) is 71.2 cm³/mol. The maximum atomic E-state index is 12.3. The number of urea groups is 1. The number of aliphatic hydroxyl groups is 1. The summed E-state index contributed by atoms with van der Waals surface area (Å²) in [6.07, 6.45) is 0. The first kappa shape index (κ1) is 16.2. The molecule has 7 heteroatoms. The van der Waals surface area contributed by atoms with Crippen LogP contribution < -0.4 is 10.1 Å². The molecule has 0 unspecified atom stereocenters. The summed E-state index contributed by atoms with van der Waals surface area (Å²) < 4.78 is 29.1. The number of benzene rings is 1. The molecule has 0 fully saturated rings. The Bertz CT molecular complexity index is 455. The molecule has 5 nitrogen and oxygen atoms in total. The Morgan fingerprint density at radius 3 is 2.75 bits per heavy atom. The maximum Gasteiger partial charge on any atom is 0.387 e. The normalized spacial score (nSPS) is 10.5. The number of nitrogens with one attached hydrogen (secondary N) is 1. The molecule has 0 radical (unpaired) electrons. The van der Waals surface area contributed by atoms with Crippen molar-refractivity contribution in [2.45, 2.75) is 20.5 Å². The van der Waals surface area contributed by atoms with Gasteiger partial charge in [0.1, 0.15) is 5.75 Å². The van der Waals surface area contributed by atoms with Crippen LogP contribution in [0.3, 0.4) is 0 Å². The minimum Gasteiger partial charge on any atom is -0.433 e. The molecule has 0 saturated carbocycles. The first-order chi connectivity index (χ1) is 9.49. The molecule has 0 aliphatic carbocycles. The molecule has 1 aromatic rings. The monoisotopic (exact) mass is 288 g/mol. The highest BCUT2D eigenvalue weighted by atomic mass is 19.3. The van der Waals surface area contributed by atoms with Crippen molar-refractivity contribution in [2.24, 2.45) is 0 Å². The lowest BCUT2D eigenvalue weighted by atomic mass is 10.2. The number of hydrogen-bond acceptors (Lipinski definition) is 3. The molecule has 1 aromatic carbocycles. The van der Waals surface area contributed by atoms with Gasteiger partial charge in [-0.3, -0.25) is 0 Å². The van der Waals surface area contributed by atoms with Crippen LogP contribution in [0.1, 0.15) is 12.5 Å². The van der Waals surface area contributed by atoms with E-state index >= 15 is 0 Å². The lowest BCUT2D eigenvalue weighted by Crippen LogP contribution is -2.37. The molecule has 0 bridgehead atoms. The quantitative estimate of drug-likeness (QED) is 0.845. The zero-order chi connectivity index (χ0) is 15.1. The van der Waals surface area contributed by atoms with Gasteiger partial charge in [0.25, 0.3) is 0 Å². The number of alkyl halides is 2. The van der Waals surface area contributed by atoms with Crippen molar-refractivity contribution in [1.82, 2.24) is 4.90 Å². The summed E-state index contributed by atoms with van der Waals surface area (Å²) in [4.78, 5) is 13.3. The average Bonchev–Trinajstić information content (AvgIpc) is 2.39. The molecule has 2 amide bonds. The van der Waals surface area contributed by atoms with Crippen LogP contribution in [0.15, 0.2) is 18.2 Å². The lowest BCUT2D eigenvalue weighted by molar-refractivity contribution is -0.0493. The SMILES string of the molecule is CCN(CCO)C(=O)Nc1c(C)cccc1OC(F)F. The Labute approximate surface area is 116 Å². The van der Waals surface area contributed by atoms with Gasteiger partial charge in [0.2, 0.25) is 0 Å². The van der Waals surface area contributed by atoms with E-state index < -0.39 is 12.6 Å². The Hall–Kier alpha value is -1.89. The summed E-state index contributed by atoms with van der Waals surface area (Å²) in [6.45, 7) is 0.852. The van der Waals surface area contributed by atoms with Crippen molar-refractivity contribution in [1.29, 1.82) is 0 Å². The van der Waals surface area contributed by atoms with Gasteiger partial charge in [-0.05, 0) is 25.5 Å². The number of hydrogen-bond donors (Lipinski definition) is 2. The van der Waals surface area contributed by atoms with Gasteiger partial charge in [-0.15, -0.1) is 0 Å². The van der Waals surface area contributed by atoms with Crippen LogP contribution in [-0.2, 0) is 0 Å². The minimum absolute atomic E-state index is 0.0894. The number of para-hydroxylation sites is 1. The first-order valence-corrected chi connectivity index (χ1v) is 6.20. The molecule has 0 spiro atoms. The van der Waals surface area contributed by atoms with Crippen molar-refractivity contribution < 1.29 is 23.4 Å². The van der Waals surface area contributed by atoms with E-state index in [9.17, 15) is 13.6 Å². The van der Waals surface area contributed by atoms with Gasteiger partial charge in [0.15, 0.2) is 0 Å². The molecule has 112 valence electrons. The highest BCUT2D eigenvalue weighted by Crippen LogP contribution is 2.29. The predicted octanol–water partition coefficient (Wildman–Crippen LogP) is 2.44. The Morgan fingerprint density at radius 2 is 2.20 bits per heavy atom. The van der Waals surface area contributed by atoms with Crippen molar-refractivity contribution in [3.05, 3.63) is 23.8 Å². The molecule has 1 rings (SSSR count). The summed E-state index contributed by atoms with van der Waals surface area (Å²) in [5, 5.41) is 11.4. The number of amides is 2.